The Morgan fingerprint density at radius 1 is 1.06 bits per heavy atom. The standard InChI is InChI=1S/C12H15ClO4S/c1-6-9(14)10(15)11(16)12(17-6)18-8-4-2-7(13)3-5-8/h2-6,9-12,14-16H,1H3/t6-,9+,10+,11-,12?/m0/s1. The van der Waals surface area contributed by atoms with E-state index in [9.17, 15) is 15.3 Å². The number of aliphatic hydroxyl groups excluding tert-OH is 3. The van der Waals surface area contributed by atoms with Crippen molar-refractivity contribution < 1.29 is 20.1 Å². The Bertz CT molecular complexity index is 400. The van der Waals surface area contributed by atoms with Crippen LogP contribution in [0.15, 0.2) is 29.2 Å². The number of rotatable bonds is 2. The fourth-order valence-electron chi connectivity index (χ4n) is 1.76. The zero-order chi connectivity index (χ0) is 13.3. The average Bonchev–Trinajstić information content (AvgIpc) is 2.36. The molecule has 0 spiro atoms. The lowest BCUT2D eigenvalue weighted by molar-refractivity contribution is -0.192. The van der Waals surface area contributed by atoms with Crippen molar-refractivity contribution in [2.75, 3.05) is 0 Å². The third kappa shape index (κ3) is 2.99. The number of ether oxygens (including phenoxy) is 1. The van der Waals surface area contributed by atoms with Crippen LogP contribution in [0.1, 0.15) is 6.92 Å². The Morgan fingerprint density at radius 3 is 2.28 bits per heavy atom. The number of hydrogen-bond donors (Lipinski definition) is 3. The van der Waals surface area contributed by atoms with Crippen LogP contribution in [0.3, 0.4) is 0 Å². The first kappa shape index (κ1) is 14.1. The molecule has 1 aromatic carbocycles. The maximum Gasteiger partial charge on any atom is 0.136 e. The minimum atomic E-state index is -1.20. The Hall–Kier alpha value is -0.300. The summed E-state index contributed by atoms with van der Waals surface area (Å²) in [6.07, 6.45) is -3.91. The zero-order valence-electron chi connectivity index (χ0n) is 9.73. The second-order valence-electron chi connectivity index (χ2n) is 4.25. The largest absolute Gasteiger partial charge is 0.388 e. The number of aliphatic hydroxyl groups is 3. The predicted octanol–water partition coefficient (Wildman–Crippen LogP) is 1.26. The van der Waals surface area contributed by atoms with Crippen LogP contribution in [0.2, 0.25) is 5.02 Å². The lowest BCUT2D eigenvalue weighted by Gasteiger charge is -2.38. The molecule has 6 heteroatoms. The van der Waals surface area contributed by atoms with Crippen LogP contribution in [0.5, 0.6) is 0 Å². The van der Waals surface area contributed by atoms with Crippen LogP contribution in [0.4, 0.5) is 0 Å². The first-order chi connectivity index (χ1) is 8.49. The van der Waals surface area contributed by atoms with Crippen molar-refractivity contribution in [2.24, 2.45) is 0 Å². The van der Waals surface area contributed by atoms with E-state index >= 15 is 0 Å². The first-order valence-electron chi connectivity index (χ1n) is 5.61. The minimum absolute atomic E-state index is 0.520. The molecule has 0 aromatic heterocycles. The number of benzene rings is 1. The molecule has 18 heavy (non-hydrogen) atoms. The van der Waals surface area contributed by atoms with E-state index in [0.29, 0.717) is 5.02 Å². The average molecular weight is 291 g/mol. The molecule has 1 saturated heterocycles. The molecule has 1 aliphatic rings. The number of hydrogen-bond acceptors (Lipinski definition) is 5. The Kier molecular flexibility index (Phi) is 4.53. The third-order valence-electron chi connectivity index (χ3n) is 2.87. The summed E-state index contributed by atoms with van der Waals surface area (Å²) >= 11 is 7.07. The molecular weight excluding hydrogens is 276 g/mol. The Morgan fingerprint density at radius 2 is 1.67 bits per heavy atom. The molecule has 0 radical (unpaired) electrons. The minimum Gasteiger partial charge on any atom is -0.388 e. The molecule has 0 bridgehead atoms. The summed E-state index contributed by atoms with van der Waals surface area (Å²) in [5.74, 6) is 0. The van der Waals surface area contributed by atoms with Gasteiger partial charge in [-0.2, -0.15) is 0 Å². The van der Waals surface area contributed by atoms with Gasteiger partial charge in [-0.05, 0) is 31.2 Å². The van der Waals surface area contributed by atoms with Gasteiger partial charge >= 0.3 is 0 Å². The van der Waals surface area contributed by atoms with Crippen molar-refractivity contribution in [3.63, 3.8) is 0 Å². The van der Waals surface area contributed by atoms with Crippen LogP contribution in [0.25, 0.3) is 0 Å². The van der Waals surface area contributed by atoms with E-state index in [4.69, 9.17) is 16.3 Å². The molecule has 2 rings (SSSR count). The summed E-state index contributed by atoms with van der Waals surface area (Å²) in [7, 11) is 0. The first-order valence-corrected chi connectivity index (χ1v) is 6.86. The quantitative estimate of drug-likeness (QED) is 0.765. The molecule has 3 N–H and O–H groups in total. The number of thioether (sulfide) groups is 1. The van der Waals surface area contributed by atoms with Crippen molar-refractivity contribution in [3.05, 3.63) is 29.3 Å². The van der Waals surface area contributed by atoms with E-state index in [2.05, 4.69) is 0 Å². The molecule has 0 amide bonds. The molecule has 1 unspecified atom stereocenters. The van der Waals surface area contributed by atoms with Crippen molar-refractivity contribution in [1.82, 2.24) is 0 Å². The van der Waals surface area contributed by atoms with Gasteiger partial charge in [-0.15, -0.1) is 0 Å². The van der Waals surface area contributed by atoms with Gasteiger partial charge in [-0.1, -0.05) is 23.4 Å². The molecule has 5 atom stereocenters. The SMILES string of the molecule is C[C@@H]1OC(Sc2ccc(Cl)cc2)[C@@H](O)[C@H](O)[C@@H]1O. The second kappa shape index (κ2) is 5.77. The monoisotopic (exact) mass is 290 g/mol. The lowest BCUT2D eigenvalue weighted by Crippen LogP contribution is -2.55. The van der Waals surface area contributed by atoms with Crippen LogP contribution in [-0.2, 0) is 4.74 Å². The highest BCUT2D eigenvalue weighted by atomic mass is 35.5. The molecule has 4 nitrogen and oxygen atoms in total. The molecule has 1 fully saturated rings. The normalized spacial score (nSPS) is 36.6. The van der Waals surface area contributed by atoms with E-state index in [1.54, 1.807) is 19.1 Å². The summed E-state index contributed by atoms with van der Waals surface area (Å²) < 4.78 is 5.49. The Balaban J connectivity index is 2.06. The van der Waals surface area contributed by atoms with Crippen molar-refractivity contribution >= 4 is 23.4 Å². The fraction of sp³-hybridized carbons (Fsp3) is 0.500. The van der Waals surface area contributed by atoms with Crippen molar-refractivity contribution in [1.29, 1.82) is 0 Å². The van der Waals surface area contributed by atoms with Crippen molar-refractivity contribution in [2.45, 2.75) is 41.7 Å². The Labute approximate surface area is 115 Å². The highest BCUT2D eigenvalue weighted by Crippen LogP contribution is 2.33. The van der Waals surface area contributed by atoms with Gasteiger partial charge in [0.15, 0.2) is 0 Å². The third-order valence-corrected chi connectivity index (χ3v) is 4.29. The van der Waals surface area contributed by atoms with Gasteiger partial charge in [0.1, 0.15) is 23.7 Å². The molecule has 1 heterocycles. The molecule has 0 aliphatic carbocycles. The van der Waals surface area contributed by atoms with E-state index in [0.717, 1.165) is 4.90 Å². The van der Waals surface area contributed by atoms with Gasteiger partial charge in [0, 0.05) is 9.92 Å². The lowest BCUT2D eigenvalue weighted by atomic mass is 10.0. The van der Waals surface area contributed by atoms with E-state index in [1.807, 2.05) is 12.1 Å². The summed E-state index contributed by atoms with van der Waals surface area (Å²) in [5.41, 5.74) is -0.612. The van der Waals surface area contributed by atoms with Gasteiger partial charge < -0.3 is 20.1 Å². The summed E-state index contributed by atoms with van der Waals surface area (Å²) in [6.45, 7) is 1.66. The van der Waals surface area contributed by atoms with Crippen LogP contribution in [-0.4, -0.2) is 45.2 Å². The smallest absolute Gasteiger partial charge is 0.136 e. The van der Waals surface area contributed by atoms with E-state index in [1.165, 1.54) is 11.8 Å². The van der Waals surface area contributed by atoms with Gasteiger partial charge in [-0.3, -0.25) is 0 Å². The summed E-state index contributed by atoms with van der Waals surface area (Å²) in [4.78, 5) is 0.874. The predicted molar refractivity (Wildman–Crippen MR) is 69.7 cm³/mol. The summed E-state index contributed by atoms with van der Waals surface area (Å²) in [5, 5.41) is 29.8. The fourth-order valence-corrected chi connectivity index (χ4v) is 2.98. The molecule has 1 aromatic rings. The van der Waals surface area contributed by atoms with Gasteiger partial charge in [-0.25, -0.2) is 0 Å². The highest BCUT2D eigenvalue weighted by Gasteiger charge is 2.42. The van der Waals surface area contributed by atoms with E-state index in [-0.39, 0.29) is 0 Å². The second-order valence-corrected chi connectivity index (χ2v) is 5.86. The van der Waals surface area contributed by atoms with Crippen LogP contribution in [0, 0.1) is 0 Å². The van der Waals surface area contributed by atoms with Crippen molar-refractivity contribution in [3.8, 4) is 0 Å². The van der Waals surface area contributed by atoms with E-state index < -0.39 is 29.9 Å². The highest BCUT2D eigenvalue weighted by molar-refractivity contribution is 7.99. The maximum absolute atomic E-state index is 9.86. The molecule has 0 saturated carbocycles. The van der Waals surface area contributed by atoms with Crippen LogP contribution < -0.4 is 0 Å². The van der Waals surface area contributed by atoms with Crippen LogP contribution >= 0.6 is 23.4 Å². The summed E-state index contributed by atoms with van der Waals surface area (Å²) in [6, 6.07) is 7.11. The number of halogens is 1. The molecule has 1 aliphatic heterocycles. The topological polar surface area (TPSA) is 69.9 Å². The molecular formula is C12H15ClO4S. The van der Waals surface area contributed by atoms with Gasteiger partial charge in [0.2, 0.25) is 0 Å². The zero-order valence-corrected chi connectivity index (χ0v) is 11.3. The maximum atomic E-state index is 9.86. The van der Waals surface area contributed by atoms with Gasteiger partial charge in [0.25, 0.3) is 0 Å². The van der Waals surface area contributed by atoms with Gasteiger partial charge in [0.05, 0.1) is 6.10 Å². The molecule has 100 valence electrons.